The molecule has 0 fully saturated rings. The van der Waals surface area contributed by atoms with Gasteiger partial charge in [-0.3, -0.25) is 0 Å². The Labute approximate surface area is 299 Å². The molecule has 0 saturated carbocycles. The summed E-state index contributed by atoms with van der Waals surface area (Å²) in [6, 6.07) is 61.7. The molecule has 0 saturated heterocycles. The molecule has 7 aromatic carbocycles. The quantitative estimate of drug-likeness (QED) is 0.171. The molecule has 10 aromatic rings. The van der Waals surface area contributed by atoms with E-state index in [0.29, 0.717) is 5.82 Å². The average Bonchev–Trinajstić information content (AvgIpc) is 3.61. The molecule has 3 heterocycles. The van der Waals surface area contributed by atoms with Gasteiger partial charge in [-0.05, 0) is 35.4 Å². The minimum absolute atomic E-state index is 0.698. The van der Waals surface area contributed by atoms with Crippen LogP contribution < -0.4 is 0 Å². The normalized spacial score (nSPS) is 11.5. The first kappa shape index (κ1) is 29.4. The van der Waals surface area contributed by atoms with Gasteiger partial charge in [-0.25, -0.2) is 15.0 Å². The van der Waals surface area contributed by atoms with Crippen molar-refractivity contribution in [1.82, 2.24) is 15.0 Å². The number of hydrogen-bond donors (Lipinski definition) is 0. The highest BCUT2D eigenvalue weighted by Gasteiger charge is 2.22. The van der Waals surface area contributed by atoms with E-state index in [1.807, 2.05) is 23.5 Å². The Bertz CT molecular complexity index is 2880. The van der Waals surface area contributed by atoms with Crippen LogP contribution in [0.1, 0.15) is 0 Å². The second-order valence-electron chi connectivity index (χ2n) is 12.8. The van der Waals surface area contributed by atoms with E-state index in [2.05, 4.69) is 164 Å². The summed E-state index contributed by atoms with van der Waals surface area (Å²) in [6.07, 6.45) is 0. The van der Waals surface area contributed by atoms with Gasteiger partial charge in [-0.15, -0.1) is 11.3 Å². The van der Waals surface area contributed by atoms with E-state index in [1.54, 1.807) is 0 Å². The molecule has 0 bridgehead atoms. The number of hydrogen-bond acceptors (Lipinski definition) is 4. The summed E-state index contributed by atoms with van der Waals surface area (Å²) in [6.45, 7) is 0. The molecule has 0 spiro atoms. The zero-order valence-electron chi connectivity index (χ0n) is 27.5. The van der Waals surface area contributed by atoms with Crippen molar-refractivity contribution in [2.75, 3.05) is 0 Å². The summed E-state index contributed by atoms with van der Waals surface area (Å²) < 4.78 is 2.41. The molecule has 0 aliphatic heterocycles. The van der Waals surface area contributed by atoms with Crippen molar-refractivity contribution < 1.29 is 0 Å². The van der Waals surface area contributed by atoms with Crippen LogP contribution in [0.2, 0.25) is 0 Å². The topological polar surface area (TPSA) is 38.7 Å². The Balaban J connectivity index is 1.29. The number of thiophene rings is 1. The molecular weight excluding hydrogens is 639 g/mol. The number of aromatic nitrogens is 3. The standard InChI is InChI=1S/C47H29N3S/c1-4-14-30(15-5-1)31-24-26-33(27-25-31)41-29-40(32-16-6-2-7-17-32)49-47(50-41)38-28-37-43(44-36-21-11-13-23-42(36)51-46(38)44)35-20-10-12-22-39(35)48-45(37)34-18-8-3-9-19-34/h1-29H. The Morgan fingerprint density at radius 1 is 0.373 bits per heavy atom. The lowest BCUT2D eigenvalue weighted by molar-refractivity contribution is 1.19. The van der Waals surface area contributed by atoms with Crippen molar-refractivity contribution in [1.29, 1.82) is 0 Å². The lowest BCUT2D eigenvalue weighted by Gasteiger charge is -2.15. The largest absolute Gasteiger partial charge is 0.247 e. The molecule has 51 heavy (non-hydrogen) atoms. The zero-order chi connectivity index (χ0) is 33.7. The molecule has 0 amide bonds. The Morgan fingerprint density at radius 2 is 0.902 bits per heavy atom. The summed E-state index contributed by atoms with van der Waals surface area (Å²) >= 11 is 1.81. The summed E-state index contributed by atoms with van der Waals surface area (Å²) in [5.74, 6) is 0.698. The van der Waals surface area contributed by atoms with E-state index in [9.17, 15) is 0 Å². The maximum absolute atomic E-state index is 5.37. The van der Waals surface area contributed by atoms with Gasteiger partial charge in [0.05, 0.1) is 22.6 Å². The van der Waals surface area contributed by atoms with E-state index < -0.39 is 0 Å². The third-order valence-electron chi connectivity index (χ3n) is 9.68. The van der Waals surface area contributed by atoms with Crippen LogP contribution in [0.25, 0.3) is 98.1 Å². The molecule has 0 aliphatic rings. The first-order valence-corrected chi connectivity index (χ1v) is 17.9. The number of nitrogens with zero attached hydrogens (tertiary/aromatic N) is 3. The van der Waals surface area contributed by atoms with Gasteiger partial charge in [0, 0.05) is 58.6 Å². The van der Waals surface area contributed by atoms with Crippen molar-refractivity contribution in [3.63, 3.8) is 0 Å². The van der Waals surface area contributed by atoms with E-state index in [0.717, 1.165) is 55.6 Å². The van der Waals surface area contributed by atoms with Crippen molar-refractivity contribution in [3.05, 3.63) is 176 Å². The SMILES string of the molecule is c1ccc(-c2ccc(-c3cc(-c4ccccc4)nc(-c4cc5c(-c6ccccc6)nc6ccccc6c5c5c4sc4ccccc45)n3)cc2)cc1. The van der Waals surface area contributed by atoms with Crippen LogP contribution in [0.4, 0.5) is 0 Å². The second-order valence-corrected chi connectivity index (χ2v) is 13.8. The number of pyridine rings is 1. The predicted molar refractivity (Wildman–Crippen MR) is 215 cm³/mol. The third-order valence-corrected chi connectivity index (χ3v) is 10.9. The Hall–Kier alpha value is -6.49. The Morgan fingerprint density at radius 3 is 1.61 bits per heavy atom. The minimum atomic E-state index is 0.698. The summed E-state index contributed by atoms with van der Waals surface area (Å²) in [7, 11) is 0. The summed E-state index contributed by atoms with van der Waals surface area (Å²) in [5, 5.41) is 5.91. The molecule has 238 valence electrons. The summed E-state index contributed by atoms with van der Waals surface area (Å²) in [5.41, 5.74) is 10.3. The Kier molecular flexibility index (Phi) is 7.00. The van der Waals surface area contributed by atoms with Gasteiger partial charge in [0.1, 0.15) is 0 Å². The molecule has 3 nitrogen and oxygen atoms in total. The van der Waals surface area contributed by atoms with Gasteiger partial charge < -0.3 is 0 Å². The number of para-hydroxylation sites is 1. The van der Waals surface area contributed by atoms with Crippen molar-refractivity contribution >= 4 is 53.2 Å². The molecular formula is C47H29N3S. The molecule has 0 aliphatic carbocycles. The molecule has 3 aromatic heterocycles. The predicted octanol–water partition coefficient (Wildman–Crippen LogP) is 12.9. The third kappa shape index (κ3) is 5.08. The fourth-order valence-electron chi connectivity index (χ4n) is 7.25. The van der Waals surface area contributed by atoms with Gasteiger partial charge in [-0.2, -0.15) is 0 Å². The van der Waals surface area contributed by atoms with Crippen molar-refractivity contribution in [2.24, 2.45) is 0 Å². The summed E-state index contributed by atoms with van der Waals surface area (Å²) in [4.78, 5) is 16.0. The van der Waals surface area contributed by atoms with Gasteiger partial charge >= 0.3 is 0 Å². The molecule has 0 unspecified atom stereocenters. The number of benzene rings is 7. The van der Waals surface area contributed by atoms with Gasteiger partial charge in [0.2, 0.25) is 0 Å². The molecule has 0 N–H and O–H groups in total. The second kappa shape index (κ2) is 12.1. The fraction of sp³-hybridized carbons (Fsp3) is 0. The van der Waals surface area contributed by atoms with E-state index in [1.165, 1.54) is 36.7 Å². The zero-order valence-corrected chi connectivity index (χ0v) is 28.3. The van der Waals surface area contributed by atoms with Gasteiger partial charge in [0.25, 0.3) is 0 Å². The lowest BCUT2D eigenvalue weighted by atomic mass is 9.94. The highest BCUT2D eigenvalue weighted by atomic mass is 32.1. The monoisotopic (exact) mass is 667 g/mol. The maximum Gasteiger partial charge on any atom is 0.161 e. The van der Waals surface area contributed by atoms with E-state index in [-0.39, 0.29) is 0 Å². The van der Waals surface area contributed by atoms with Crippen molar-refractivity contribution in [2.45, 2.75) is 0 Å². The van der Waals surface area contributed by atoms with Crippen LogP contribution in [-0.4, -0.2) is 15.0 Å². The van der Waals surface area contributed by atoms with Crippen molar-refractivity contribution in [3.8, 4) is 56.3 Å². The smallest absolute Gasteiger partial charge is 0.161 e. The van der Waals surface area contributed by atoms with Crippen LogP contribution in [-0.2, 0) is 0 Å². The average molecular weight is 668 g/mol. The van der Waals surface area contributed by atoms with E-state index >= 15 is 0 Å². The minimum Gasteiger partial charge on any atom is -0.247 e. The lowest BCUT2D eigenvalue weighted by Crippen LogP contribution is -1.97. The first-order valence-electron chi connectivity index (χ1n) is 17.1. The maximum atomic E-state index is 5.37. The molecule has 4 heteroatoms. The molecule has 10 rings (SSSR count). The van der Waals surface area contributed by atoms with Crippen LogP contribution in [0.3, 0.4) is 0 Å². The highest BCUT2D eigenvalue weighted by Crippen LogP contribution is 2.47. The molecule has 0 radical (unpaired) electrons. The fourth-order valence-corrected chi connectivity index (χ4v) is 8.47. The van der Waals surface area contributed by atoms with Gasteiger partial charge in [-0.1, -0.05) is 152 Å². The van der Waals surface area contributed by atoms with Crippen LogP contribution in [0.5, 0.6) is 0 Å². The van der Waals surface area contributed by atoms with Crippen LogP contribution in [0.15, 0.2) is 176 Å². The highest BCUT2D eigenvalue weighted by molar-refractivity contribution is 7.26. The van der Waals surface area contributed by atoms with Gasteiger partial charge in [0.15, 0.2) is 5.82 Å². The number of rotatable bonds is 5. The van der Waals surface area contributed by atoms with E-state index in [4.69, 9.17) is 15.0 Å². The van der Waals surface area contributed by atoms with Crippen LogP contribution in [0, 0.1) is 0 Å². The number of fused-ring (bicyclic) bond motifs is 7. The first-order chi connectivity index (χ1) is 25.3. The molecule has 0 atom stereocenters. The van der Waals surface area contributed by atoms with Crippen LogP contribution >= 0.6 is 11.3 Å².